The molecule has 0 spiro atoms. The van der Waals surface area contributed by atoms with E-state index in [9.17, 15) is 9.90 Å². The Hall–Kier alpha value is -1.75. The summed E-state index contributed by atoms with van der Waals surface area (Å²) in [7, 11) is 1.55. The highest BCUT2D eigenvalue weighted by atomic mass is 16.5. The molecule has 112 valence electrons. The molecule has 0 aliphatic carbocycles. The normalized spacial score (nSPS) is 12.2. The summed E-state index contributed by atoms with van der Waals surface area (Å²) < 4.78 is 5.02. The summed E-state index contributed by atoms with van der Waals surface area (Å²) >= 11 is 0. The summed E-state index contributed by atoms with van der Waals surface area (Å²) in [6, 6.07) is 4.80. The fraction of sp³-hybridized carbons (Fsp3) is 0.533. The number of nitrogens with one attached hydrogen (secondary N) is 2. The average molecular weight is 280 g/mol. The predicted octanol–water partition coefficient (Wildman–Crippen LogP) is 1.65. The molecule has 20 heavy (non-hydrogen) atoms. The SMILES string of the molecule is COc1ccc(CNC(C)C(=O)NCC(C)C)c(O)c1. The van der Waals surface area contributed by atoms with Gasteiger partial charge in [-0.2, -0.15) is 0 Å². The molecule has 0 aromatic heterocycles. The van der Waals surface area contributed by atoms with Gasteiger partial charge in [0.05, 0.1) is 13.2 Å². The lowest BCUT2D eigenvalue weighted by Gasteiger charge is -2.15. The van der Waals surface area contributed by atoms with Crippen molar-refractivity contribution >= 4 is 5.91 Å². The molecule has 0 aliphatic heterocycles. The van der Waals surface area contributed by atoms with Crippen molar-refractivity contribution in [2.24, 2.45) is 5.92 Å². The van der Waals surface area contributed by atoms with Crippen LogP contribution in [0, 0.1) is 5.92 Å². The van der Waals surface area contributed by atoms with Crippen molar-refractivity contribution in [1.82, 2.24) is 10.6 Å². The molecule has 0 bridgehead atoms. The van der Waals surface area contributed by atoms with Gasteiger partial charge in [-0.3, -0.25) is 4.79 Å². The zero-order valence-corrected chi connectivity index (χ0v) is 12.6. The van der Waals surface area contributed by atoms with Gasteiger partial charge in [0.25, 0.3) is 0 Å². The van der Waals surface area contributed by atoms with E-state index in [2.05, 4.69) is 10.6 Å². The summed E-state index contributed by atoms with van der Waals surface area (Å²) in [5.41, 5.74) is 0.731. The fourth-order valence-electron chi connectivity index (χ4n) is 1.63. The molecule has 0 radical (unpaired) electrons. The van der Waals surface area contributed by atoms with Crippen LogP contribution in [0.5, 0.6) is 11.5 Å². The van der Waals surface area contributed by atoms with Crippen LogP contribution in [-0.4, -0.2) is 30.7 Å². The number of carbonyl (C=O) groups is 1. The molecule has 5 heteroatoms. The number of phenolic OH excluding ortho intramolecular Hbond substituents is 1. The van der Waals surface area contributed by atoms with Gasteiger partial charge in [-0.25, -0.2) is 0 Å². The first-order chi connectivity index (χ1) is 9.43. The number of phenols is 1. The van der Waals surface area contributed by atoms with E-state index < -0.39 is 0 Å². The fourth-order valence-corrected chi connectivity index (χ4v) is 1.63. The maximum atomic E-state index is 11.8. The second kappa shape index (κ2) is 7.75. The second-order valence-electron chi connectivity index (χ2n) is 5.24. The highest BCUT2D eigenvalue weighted by molar-refractivity contribution is 5.81. The third kappa shape index (κ3) is 5.09. The number of hydrogen-bond acceptors (Lipinski definition) is 4. The molecule has 0 fully saturated rings. The Morgan fingerprint density at radius 2 is 2.05 bits per heavy atom. The minimum Gasteiger partial charge on any atom is -0.507 e. The van der Waals surface area contributed by atoms with Crippen LogP contribution in [0.2, 0.25) is 0 Å². The Kier molecular flexibility index (Phi) is 6.31. The van der Waals surface area contributed by atoms with Gasteiger partial charge in [-0.05, 0) is 18.9 Å². The molecule has 1 rings (SSSR count). The van der Waals surface area contributed by atoms with E-state index >= 15 is 0 Å². The van der Waals surface area contributed by atoms with E-state index in [4.69, 9.17) is 4.74 Å². The van der Waals surface area contributed by atoms with Crippen molar-refractivity contribution in [2.75, 3.05) is 13.7 Å². The Bertz CT molecular complexity index is 447. The number of benzene rings is 1. The summed E-state index contributed by atoms with van der Waals surface area (Å²) in [5.74, 6) is 1.16. The van der Waals surface area contributed by atoms with Crippen molar-refractivity contribution < 1.29 is 14.6 Å². The molecule has 0 saturated carbocycles. The lowest BCUT2D eigenvalue weighted by atomic mass is 10.1. The van der Waals surface area contributed by atoms with Crippen LogP contribution in [-0.2, 0) is 11.3 Å². The molecule has 1 unspecified atom stereocenters. The zero-order valence-electron chi connectivity index (χ0n) is 12.6. The largest absolute Gasteiger partial charge is 0.507 e. The van der Waals surface area contributed by atoms with Crippen LogP contribution in [0.1, 0.15) is 26.3 Å². The molecule has 1 amide bonds. The zero-order chi connectivity index (χ0) is 15.1. The van der Waals surface area contributed by atoms with Gasteiger partial charge < -0.3 is 20.5 Å². The van der Waals surface area contributed by atoms with Crippen molar-refractivity contribution in [1.29, 1.82) is 0 Å². The first-order valence-corrected chi connectivity index (χ1v) is 6.81. The number of carbonyl (C=O) groups excluding carboxylic acids is 1. The van der Waals surface area contributed by atoms with E-state index in [0.717, 1.165) is 5.56 Å². The van der Waals surface area contributed by atoms with Gasteiger partial charge >= 0.3 is 0 Å². The summed E-state index contributed by atoms with van der Waals surface area (Å²) in [6.07, 6.45) is 0. The number of amides is 1. The number of hydrogen-bond donors (Lipinski definition) is 3. The molecule has 3 N–H and O–H groups in total. The molecule has 0 aliphatic rings. The van der Waals surface area contributed by atoms with Crippen LogP contribution < -0.4 is 15.4 Å². The van der Waals surface area contributed by atoms with Crippen molar-refractivity contribution in [3.8, 4) is 11.5 Å². The Labute approximate surface area is 120 Å². The third-order valence-corrected chi connectivity index (χ3v) is 2.97. The van der Waals surface area contributed by atoms with E-state index in [1.165, 1.54) is 0 Å². The lowest BCUT2D eigenvalue weighted by Crippen LogP contribution is -2.42. The Morgan fingerprint density at radius 3 is 2.60 bits per heavy atom. The van der Waals surface area contributed by atoms with E-state index in [-0.39, 0.29) is 17.7 Å². The van der Waals surface area contributed by atoms with Crippen LogP contribution in [0.15, 0.2) is 18.2 Å². The number of rotatable bonds is 7. The minimum absolute atomic E-state index is 0.0355. The monoisotopic (exact) mass is 280 g/mol. The third-order valence-electron chi connectivity index (χ3n) is 2.97. The molecular weight excluding hydrogens is 256 g/mol. The lowest BCUT2D eigenvalue weighted by molar-refractivity contribution is -0.122. The van der Waals surface area contributed by atoms with Gasteiger partial charge in [0.2, 0.25) is 5.91 Å². The van der Waals surface area contributed by atoms with Crippen LogP contribution in [0.3, 0.4) is 0 Å². The maximum absolute atomic E-state index is 11.8. The van der Waals surface area contributed by atoms with Gasteiger partial charge in [0.15, 0.2) is 0 Å². The highest BCUT2D eigenvalue weighted by Gasteiger charge is 2.13. The predicted molar refractivity (Wildman–Crippen MR) is 78.8 cm³/mol. The van der Waals surface area contributed by atoms with Crippen molar-refractivity contribution in [3.05, 3.63) is 23.8 Å². The number of methoxy groups -OCH3 is 1. The summed E-state index contributed by atoms with van der Waals surface area (Å²) in [6.45, 7) is 6.99. The van der Waals surface area contributed by atoms with Crippen LogP contribution >= 0.6 is 0 Å². The molecule has 1 aromatic rings. The Morgan fingerprint density at radius 1 is 1.35 bits per heavy atom. The second-order valence-corrected chi connectivity index (χ2v) is 5.24. The van der Waals surface area contributed by atoms with Crippen molar-refractivity contribution in [3.63, 3.8) is 0 Å². The van der Waals surface area contributed by atoms with Gasteiger partial charge in [0, 0.05) is 24.7 Å². The number of ether oxygens (including phenoxy) is 1. The van der Waals surface area contributed by atoms with Gasteiger partial charge in [-0.15, -0.1) is 0 Å². The van der Waals surface area contributed by atoms with Crippen molar-refractivity contribution in [2.45, 2.75) is 33.4 Å². The van der Waals surface area contributed by atoms with E-state index in [1.807, 2.05) is 13.8 Å². The molecule has 1 atom stereocenters. The highest BCUT2D eigenvalue weighted by Crippen LogP contribution is 2.23. The summed E-state index contributed by atoms with van der Waals surface area (Å²) in [5, 5.41) is 15.8. The van der Waals surface area contributed by atoms with Crippen LogP contribution in [0.4, 0.5) is 0 Å². The first kappa shape index (κ1) is 16.3. The standard InChI is InChI=1S/C15H24N2O3/c1-10(2)8-17-15(19)11(3)16-9-12-5-6-13(20-4)7-14(12)18/h5-7,10-11,16,18H,8-9H2,1-4H3,(H,17,19). The minimum atomic E-state index is -0.310. The smallest absolute Gasteiger partial charge is 0.236 e. The molecule has 0 heterocycles. The molecular formula is C15H24N2O3. The summed E-state index contributed by atoms with van der Waals surface area (Å²) in [4.78, 5) is 11.8. The molecule has 1 aromatic carbocycles. The molecule has 5 nitrogen and oxygen atoms in total. The Balaban J connectivity index is 2.48. The maximum Gasteiger partial charge on any atom is 0.236 e. The number of aromatic hydroxyl groups is 1. The topological polar surface area (TPSA) is 70.6 Å². The van der Waals surface area contributed by atoms with Crippen LogP contribution in [0.25, 0.3) is 0 Å². The first-order valence-electron chi connectivity index (χ1n) is 6.81. The average Bonchev–Trinajstić information content (AvgIpc) is 2.42. The molecule has 0 saturated heterocycles. The van der Waals surface area contributed by atoms with Gasteiger partial charge in [-0.1, -0.05) is 19.9 Å². The van der Waals surface area contributed by atoms with Gasteiger partial charge in [0.1, 0.15) is 11.5 Å². The quantitative estimate of drug-likeness (QED) is 0.710. The van der Waals surface area contributed by atoms with E-state index in [0.29, 0.717) is 24.8 Å². The van der Waals surface area contributed by atoms with E-state index in [1.54, 1.807) is 32.2 Å².